The predicted molar refractivity (Wildman–Crippen MR) is 218 cm³/mol. The van der Waals surface area contributed by atoms with Crippen LogP contribution in [0.2, 0.25) is 0 Å². The molecule has 8 amide bonds. The number of aryl methyl sites for hydroxylation is 1. The topological polar surface area (TPSA) is 247 Å². The van der Waals surface area contributed by atoms with Crippen LogP contribution in [0.4, 0.5) is 10.6 Å². The van der Waals surface area contributed by atoms with Gasteiger partial charge in [-0.1, -0.05) is 24.8 Å². The number of hydrogen-bond acceptors (Lipinski definition) is 11. The summed E-state index contributed by atoms with van der Waals surface area (Å²) >= 11 is 0. The van der Waals surface area contributed by atoms with Crippen LogP contribution in [-0.2, 0) is 30.4 Å². The number of aromatic nitrogens is 5. The van der Waals surface area contributed by atoms with E-state index in [0.717, 1.165) is 23.9 Å². The van der Waals surface area contributed by atoms with Crippen LogP contribution in [0.5, 0.6) is 0 Å². The molecule has 3 saturated heterocycles. The molecule has 0 spiro atoms. The van der Waals surface area contributed by atoms with Crippen molar-refractivity contribution < 1.29 is 38.4 Å². The Hall–Kier alpha value is -7.57. The molecular weight excluding hydrogens is 787 g/mol. The Morgan fingerprint density at radius 3 is 2.02 bits per heavy atom. The second kappa shape index (κ2) is 18.6. The minimum Gasteiger partial charge on any atom is -0.340 e. The van der Waals surface area contributed by atoms with E-state index in [1.54, 1.807) is 44.7 Å². The SMILES string of the molecule is C=C1CC[C@H](NC(=O)N2CCCc3cccnc32)C(=O)N1.O=C1CC[C@@H](NC(=O)c2cnn3ccccc23)C(=O)N1.O=C1CC[C@H](CC(=O)c2cnn3ccccc23)C(=O)N1. The standard InChI is InChI=1S/C15H18N4O2.C14H13N3O3.C13H12N4O3/c1-10-6-7-12(14(20)17-10)18-15(21)19-9-3-5-11-4-2-8-16-13(11)19;18-12(7-9-4-5-13(19)16-14(9)20)10-8-15-17-6-2-1-3-11(10)17;18-11-5-4-9(13(20)16-11)15-12(19)8-7-14-17-6-2-1-3-10(8)17/h2,4,8,12H,1,3,5-7,9H2,(H,17,20)(H,18,21);1-3,6,8-9H,4-5,7H2,(H,16,19,20);1-3,6-7,9H,4-5H2,(H,15,19)(H,16,18,20)/t12-;2*9-/m011/s1. The molecule has 9 heterocycles. The second-order valence-corrected chi connectivity index (χ2v) is 14.8. The molecule has 5 aromatic rings. The molecule has 314 valence electrons. The highest BCUT2D eigenvalue weighted by molar-refractivity contribution is 6.07. The lowest BCUT2D eigenvalue weighted by Crippen LogP contribution is -2.54. The molecule has 4 aliphatic heterocycles. The van der Waals surface area contributed by atoms with Crippen LogP contribution >= 0.6 is 0 Å². The van der Waals surface area contributed by atoms with Crippen molar-refractivity contribution in [2.75, 3.05) is 11.4 Å². The van der Waals surface area contributed by atoms with Gasteiger partial charge >= 0.3 is 6.03 Å². The third kappa shape index (κ3) is 9.84. The highest BCUT2D eigenvalue weighted by Crippen LogP contribution is 2.25. The maximum atomic E-state index is 12.4. The second-order valence-electron chi connectivity index (χ2n) is 14.8. The number of ketones is 1. The van der Waals surface area contributed by atoms with Gasteiger partial charge in [-0.3, -0.25) is 49.1 Å². The Balaban J connectivity index is 0.000000138. The molecule has 4 aliphatic rings. The number of carbonyl (C=O) groups is 8. The third-order valence-electron chi connectivity index (χ3n) is 10.6. The van der Waals surface area contributed by atoms with Gasteiger partial charge < -0.3 is 16.0 Å². The largest absolute Gasteiger partial charge is 0.340 e. The fourth-order valence-corrected chi connectivity index (χ4v) is 7.33. The molecule has 0 bridgehead atoms. The summed E-state index contributed by atoms with van der Waals surface area (Å²) in [5.74, 6) is -1.83. The quantitative estimate of drug-likeness (QED) is 0.123. The van der Waals surface area contributed by atoms with Gasteiger partial charge in [-0.2, -0.15) is 10.2 Å². The number of pyridine rings is 3. The van der Waals surface area contributed by atoms with Gasteiger partial charge in [0.2, 0.25) is 29.5 Å². The smallest absolute Gasteiger partial charge is 0.323 e. The lowest BCUT2D eigenvalue weighted by Gasteiger charge is -2.31. The number of piperidine rings is 3. The number of amides is 8. The van der Waals surface area contributed by atoms with Gasteiger partial charge in [0.15, 0.2) is 5.78 Å². The van der Waals surface area contributed by atoms with Gasteiger partial charge in [0, 0.05) is 56.0 Å². The van der Waals surface area contributed by atoms with E-state index in [-0.39, 0.29) is 54.2 Å². The van der Waals surface area contributed by atoms with Crippen LogP contribution in [0.15, 0.2) is 91.8 Å². The average molecular weight is 830 g/mol. The number of nitrogens with one attached hydrogen (secondary N) is 5. The lowest BCUT2D eigenvalue weighted by molar-refractivity contribution is -0.137. The van der Waals surface area contributed by atoms with E-state index in [1.807, 2.05) is 36.4 Å². The van der Waals surface area contributed by atoms with Crippen molar-refractivity contribution in [1.29, 1.82) is 0 Å². The van der Waals surface area contributed by atoms with E-state index < -0.39 is 23.9 Å². The zero-order valence-electron chi connectivity index (χ0n) is 33.0. The predicted octanol–water partition coefficient (Wildman–Crippen LogP) is 2.17. The van der Waals surface area contributed by atoms with Crippen LogP contribution < -0.4 is 31.5 Å². The molecule has 19 nitrogen and oxygen atoms in total. The number of urea groups is 1. The maximum absolute atomic E-state index is 12.4. The summed E-state index contributed by atoms with van der Waals surface area (Å²) in [7, 11) is 0. The van der Waals surface area contributed by atoms with E-state index >= 15 is 0 Å². The fourth-order valence-electron chi connectivity index (χ4n) is 7.33. The third-order valence-corrected chi connectivity index (χ3v) is 10.6. The molecule has 5 aromatic heterocycles. The minimum absolute atomic E-state index is 0.107. The molecule has 0 saturated carbocycles. The molecular formula is C42H43N11O8. The van der Waals surface area contributed by atoms with Crippen molar-refractivity contribution in [2.45, 2.75) is 69.9 Å². The lowest BCUT2D eigenvalue weighted by atomic mass is 9.91. The number of nitrogens with zero attached hydrogens (tertiary/aromatic N) is 6. The van der Waals surface area contributed by atoms with E-state index in [1.165, 1.54) is 12.4 Å². The Kier molecular flexibility index (Phi) is 12.7. The van der Waals surface area contributed by atoms with Crippen LogP contribution in [-0.4, -0.2) is 90.1 Å². The number of hydrogen-bond donors (Lipinski definition) is 5. The van der Waals surface area contributed by atoms with Crippen molar-refractivity contribution >= 4 is 64.1 Å². The first-order valence-electron chi connectivity index (χ1n) is 19.8. The maximum Gasteiger partial charge on any atom is 0.323 e. The number of allylic oxidation sites excluding steroid dienone is 1. The average Bonchev–Trinajstić information content (AvgIpc) is 3.89. The molecule has 61 heavy (non-hydrogen) atoms. The number of anilines is 1. The molecule has 9 rings (SSSR count). The van der Waals surface area contributed by atoms with Gasteiger partial charge in [0.05, 0.1) is 34.6 Å². The Morgan fingerprint density at radius 1 is 0.705 bits per heavy atom. The Bertz CT molecular complexity index is 2440. The van der Waals surface area contributed by atoms with Crippen LogP contribution in [0.25, 0.3) is 11.0 Å². The summed E-state index contributed by atoms with van der Waals surface area (Å²) in [4.78, 5) is 100. The minimum atomic E-state index is -0.682. The summed E-state index contributed by atoms with van der Waals surface area (Å²) < 4.78 is 3.21. The molecule has 0 radical (unpaired) electrons. The summed E-state index contributed by atoms with van der Waals surface area (Å²) in [6, 6.07) is 13.3. The van der Waals surface area contributed by atoms with Gasteiger partial charge in [-0.25, -0.2) is 18.8 Å². The Labute approximate surface area is 348 Å². The number of fused-ring (bicyclic) bond motifs is 3. The van der Waals surface area contributed by atoms with Crippen molar-refractivity contribution in [3.8, 4) is 0 Å². The fraction of sp³-hybridized carbons (Fsp3) is 0.310. The van der Waals surface area contributed by atoms with E-state index in [9.17, 15) is 38.4 Å². The molecule has 3 atom stereocenters. The number of carbonyl (C=O) groups excluding carboxylic acids is 8. The zero-order valence-corrected chi connectivity index (χ0v) is 33.0. The van der Waals surface area contributed by atoms with Crippen LogP contribution in [0.3, 0.4) is 0 Å². The summed E-state index contributed by atoms with van der Waals surface area (Å²) in [5, 5.41) is 20.7. The molecule has 0 aliphatic carbocycles. The first kappa shape index (κ1) is 41.6. The Morgan fingerprint density at radius 2 is 1.33 bits per heavy atom. The zero-order chi connectivity index (χ0) is 43.0. The van der Waals surface area contributed by atoms with E-state index in [2.05, 4.69) is 48.3 Å². The number of Topliss-reactive ketones (excluding diaryl/α,β-unsaturated/α-hetero) is 1. The molecule has 5 N–H and O–H groups in total. The van der Waals surface area contributed by atoms with Gasteiger partial charge in [0.1, 0.15) is 17.9 Å². The first-order chi connectivity index (χ1) is 29.4. The van der Waals surface area contributed by atoms with Gasteiger partial charge in [0.25, 0.3) is 5.91 Å². The van der Waals surface area contributed by atoms with Crippen LogP contribution in [0.1, 0.15) is 77.6 Å². The highest BCUT2D eigenvalue weighted by atomic mass is 16.2. The van der Waals surface area contributed by atoms with E-state index in [4.69, 9.17) is 0 Å². The normalized spacial score (nSPS) is 19.9. The monoisotopic (exact) mass is 829 g/mol. The number of rotatable bonds is 6. The van der Waals surface area contributed by atoms with Crippen molar-refractivity contribution in [3.63, 3.8) is 0 Å². The van der Waals surface area contributed by atoms with Crippen molar-refractivity contribution in [2.24, 2.45) is 5.92 Å². The van der Waals surface area contributed by atoms with Crippen LogP contribution in [0, 0.1) is 5.92 Å². The summed E-state index contributed by atoms with van der Waals surface area (Å²) in [5.41, 5.74) is 4.07. The molecule has 3 fully saturated rings. The molecule has 0 aromatic carbocycles. The molecule has 0 unspecified atom stereocenters. The van der Waals surface area contributed by atoms with E-state index in [0.29, 0.717) is 66.8 Å². The van der Waals surface area contributed by atoms with Crippen molar-refractivity contribution in [1.82, 2.24) is 50.8 Å². The van der Waals surface area contributed by atoms with Crippen molar-refractivity contribution in [3.05, 3.63) is 108 Å². The van der Waals surface area contributed by atoms with Gasteiger partial charge in [-0.15, -0.1) is 0 Å². The summed E-state index contributed by atoms with van der Waals surface area (Å²) in [6.45, 7) is 4.35. The summed E-state index contributed by atoms with van der Waals surface area (Å²) in [6.07, 6.45) is 12.6. The van der Waals surface area contributed by atoms with Gasteiger partial charge in [-0.05, 0) is 74.4 Å². The highest BCUT2D eigenvalue weighted by Gasteiger charge is 2.32. The number of imide groups is 2. The molecule has 19 heteroatoms. The first-order valence-corrected chi connectivity index (χ1v) is 19.8.